The number of aliphatic hydroxyl groups excluding tert-OH is 1. The van der Waals surface area contributed by atoms with Crippen LogP contribution >= 0.6 is 0 Å². The lowest BCUT2D eigenvalue weighted by atomic mass is 9.87. The molecule has 7 heteroatoms. The first kappa shape index (κ1) is 21.2. The Morgan fingerprint density at radius 1 is 0.969 bits per heavy atom. The normalized spacial score (nSPS) is 26.2. The van der Waals surface area contributed by atoms with E-state index in [9.17, 15) is 5.11 Å². The fraction of sp³-hybridized carbons (Fsp3) is 0.560. The Labute approximate surface area is 189 Å². The number of hydrogen-bond acceptors (Lipinski definition) is 6. The lowest BCUT2D eigenvalue weighted by Gasteiger charge is -2.28. The van der Waals surface area contributed by atoms with Gasteiger partial charge in [-0.1, -0.05) is 25.1 Å². The van der Waals surface area contributed by atoms with Crippen LogP contribution in [0.5, 0.6) is 0 Å². The van der Waals surface area contributed by atoms with Crippen molar-refractivity contribution in [1.29, 1.82) is 0 Å². The minimum absolute atomic E-state index is 0.200. The fourth-order valence-corrected chi connectivity index (χ4v) is 5.13. The maximum Gasteiger partial charge on any atom is 0.224 e. The number of nitrogens with one attached hydrogen (secondary N) is 2. The van der Waals surface area contributed by atoms with E-state index in [1.54, 1.807) is 0 Å². The van der Waals surface area contributed by atoms with Gasteiger partial charge in [0.2, 0.25) is 11.9 Å². The predicted octanol–water partition coefficient (Wildman–Crippen LogP) is 5.34. The van der Waals surface area contributed by atoms with Crippen LogP contribution in [0.4, 0.5) is 17.6 Å². The highest BCUT2D eigenvalue weighted by molar-refractivity contribution is 5.77. The van der Waals surface area contributed by atoms with Crippen molar-refractivity contribution in [3.05, 3.63) is 36.0 Å². The summed E-state index contributed by atoms with van der Waals surface area (Å²) in [5.41, 5.74) is 3.88. The number of aryl methyl sites for hydroxylation is 1. The van der Waals surface area contributed by atoms with Gasteiger partial charge in [-0.2, -0.15) is 4.98 Å². The molecule has 7 nitrogen and oxygen atoms in total. The van der Waals surface area contributed by atoms with E-state index >= 15 is 0 Å². The average Bonchev–Trinajstić information content (AvgIpc) is 3.15. The molecule has 0 radical (unpaired) electrons. The number of fused-ring (bicyclic) bond motifs is 1. The van der Waals surface area contributed by atoms with Crippen molar-refractivity contribution in [1.82, 2.24) is 19.5 Å². The van der Waals surface area contributed by atoms with Crippen LogP contribution in [0.3, 0.4) is 0 Å². The molecule has 2 aromatic heterocycles. The van der Waals surface area contributed by atoms with Gasteiger partial charge in [-0.25, -0.2) is 9.97 Å². The zero-order valence-electron chi connectivity index (χ0n) is 19.1. The fourth-order valence-electron chi connectivity index (χ4n) is 5.13. The summed E-state index contributed by atoms with van der Waals surface area (Å²) < 4.78 is 2.24. The third-order valence-electron chi connectivity index (χ3n) is 7.20. The molecule has 2 fully saturated rings. The van der Waals surface area contributed by atoms with Crippen LogP contribution in [0.2, 0.25) is 0 Å². The summed E-state index contributed by atoms with van der Waals surface area (Å²) in [6, 6.07) is 8.95. The monoisotopic (exact) mass is 434 g/mol. The van der Waals surface area contributed by atoms with Gasteiger partial charge in [0, 0.05) is 17.8 Å². The molecular weight excluding hydrogens is 400 g/mol. The maximum atomic E-state index is 10.0. The molecule has 2 heterocycles. The summed E-state index contributed by atoms with van der Waals surface area (Å²) in [4.78, 5) is 14.4. The van der Waals surface area contributed by atoms with E-state index < -0.39 is 0 Å². The van der Waals surface area contributed by atoms with Crippen molar-refractivity contribution in [2.45, 2.75) is 83.4 Å². The van der Waals surface area contributed by atoms with Crippen molar-refractivity contribution in [2.75, 3.05) is 10.6 Å². The second-order valence-corrected chi connectivity index (χ2v) is 9.71. The Balaban J connectivity index is 1.49. The minimum Gasteiger partial charge on any atom is -0.393 e. The molecular formula is C25H34N6O. The second kappa shape index (κ2) is 9.06. The van der Waals surface area contributed by atoms with Gasteiger partial charge in [-0.05, 0) is 75.8 Å². The molecule has 0 bridgehead atoms. The Morgan fingerprint density at radius 2 is 1.72 bits per heavy atom. The standard InChI is InChI=1S/C25H34N6O/c1-16-7-9-18(10-8-16)27-24-26-15-22-23(30-24)31(19-11-13-20(32)14-12-19)25(29-22)28-21-6-4-3-5-17(21)2/h3-6,15-16,18-20,32H,7-14H2,1-2H3,(H,28,29)(H,26,27,30). The number of rotatable bonds is 5. The highest BCUT2D eigenvalue weighted by Gasteiger charge is 2.27. The molecule has 0 saturated heterocycles. The number of imidazole rings is 1. The quantitative estimate of drug-likeness (QED) is 0.502. The van der Waals surface area contributed by atoms with Crippen molar-refractivity contribution in [2.24, 2.45) is 5.92 Å². The molecule has 2 aliphatic rings. The second-order valence-electron chi connectivity index (χ2n) is 9.71. The zero-order valence-corrected chi connectivity index (χ0v) is 19.1. The van der Waals surface area contributed by atoms with Crippen molar-refractivity contribution in [3.8, 4) is 0 Å². The zero-order chi connectivity index (χ0) is 22.1. The number of anilines is 3. The molecule has 0 unspecified atom stereocenters. The third kappa shape index (κ3) is 4.44. The molecule has 0 amide bonds. The number of aromatic nitrogens is 4. The summed E-state index contributed by atoms with van der Waals surface area (Å²) in [6.45, 7) is 4.43. The largest absolute Gasteiger partial charge is 0.393 e. The molecule has 0 spiro atoms. The Kier molecular flexibility index (Phi) is 6.00. The van der Waals surface area contributed by atoms with Gasteiger partial charge in [-0.3, -0.25) is 4.57 Å². The molecule has 2 saturated carbocycles. The molecule has 3 N–H and O–H groups in total. The number of aliphatic hydroxyl groups is 1. The van der Waals surface area contributed by atoms with Gasteiger partial charge in [0.25, 0.3) is 0 Å². The molecule has 32 heavy (non-hydrogen) atoms. The van der Waals surface area contributed by atoms with E-state index in [4.69, 9.17) is 9.97 Å². The molecule has 170 valence electrons. The molecule has 0 atom stereocenters. The van der Waals surface area contributed by atoms with Crippen LogP contribution in [0.1, 0.15) is 69.9 Å². The Morgan fingerprint density at radius 3 is 2.47 bits per heavy atom. The number of benzene rings is 1. The summed E-state index contributed by atoms with van der Waals surface area (Å²) >= 11 is 0. The van der Waals surface area contributed by atoms with Gasteiger partial charge >= 0.3 is 0 Å². The van der Waals surface area contributed by atoms with Crippen LogP contribution in [-0.2, 0) is 0 Å². The number of para-hydroxylation sites is 1. The van der Waals surface area contributed by atoms with Gasteiger partial charge in [0.15, 0.2) is 5.65 Å². The summed E-state index contributed by atoms with van der Waals surface area (Å²) in [5, 5.41) is 17.2. The van der Waals surface area contributed by atoms with Crippen LogP contribution in [-0.4, -0.2) is 36.8 Å². The average molecular weight is 435 g/mol. The van der Waals surface area contributed by atoms with E-state index in [0.29, 0.717) is 12.0 Å². The first-order valence-corrected chi connectivity index (χ1v) is 12.1. The van der Waals surface area contributed by atoms with Crippen LogP contribution in [0, 0.1) is 12.8 Å². The molecule has 5 rings (SSSR count). The highest BCUT2D eigenvalue weighted by atomic mass is 16.3. The van der Waals surface area contributed by atoms with Gasteiger partial charge < -0.3 is 15.7 Å². The lowest BCUT2D eigenvalue weighted by molar-refractivity contribution is 0.112. The minimum atomic E-state index is -0.200. The predicted molar refractivity (Wildman–Crippen MR) is 128 cm³/mol. The smallest absolute Gasteiger partial charge is 0.224 e. The maximum absolute atomic E-state index is 10.0. The summed E-state index contributed by atoms with van der Waals surface area (Å²) in [7, 11) is 0. The van der Waals surface area contributed by atoms with Crippen molar-refractivity contribution in [3.63, 3.8) is 0 Å². The van der Waals surface area contributed by atoms with E-state index in [0.717, 1.165) is 54.4 Å². The van der Waals surface area contributed by atoms with E-state index in [2.05, 4.69) is 46.2 Å². The van der Waals surface area contributed by atoms with Gasteiger partial charge in [0.1, 0.15) is 5.52 Å². The lowest BCUT2D eigenvalue weighted by Crippen LogP contribution is -2.26. The van der Waals surface area contributed by atoms with E-state index in [1.165, 1.54) is 31.2 Å². The Bertz CT molecular complexity index is 1060. The van der Waals surface area contributed by atoms with Crippen molar-refractivity contribution < 1.29 is 5.11 Å². The van der Waals surface area contributed by atoms with E-state index in [-0.39, 0.29) is 12.1 Å². The van der Waals surface area contributed by atoms with Crippen LogP contribution in [0.15, 0.2) is 30.5 Å². The molecule has 1 aromatic carbocycles. The van der Waals surface area contributed by atoms with Crippen LogP contribution < -0.4 is 10.6 Å². The van der Waals surface area contributed by atoms with Gasteiger partial charge in [-0.15, -0.1) is 0 Å². The summed E-state index contributed by atoms with van der Waals surface area (Å²) in [6.07, 6.45) is 9.95. The van der Waals surface area contributed by atoms with Crippen molar-refractivity contribution >= 4 is 28.7 Å². The SMILES string of the molecule is Cc1ccccc1Nc1nc2cnc(NC3CCC(C)CC3)nc2n1C1CCC(O)CC1. The third-order valence-corrected chi connectivity index (χ3v) is 7.20. The molecule has 2 aliphatic carbocycles. The summed E-state index contributed by atoms with van der Waals surface area (Å²) in [5.74, 6) is 2.31. The number of hydrogen-bond donors (Lipinski definition) is 3. The van der Waals surface area contributed by atoms with Gasteiger partial charge in [0.05, 0.1) is 12.3 Å². The highest BCUT2D eigenvalue weighted by Crippen LogP contribution is 2.35. The Hall–Kier alpha value is -2.67. The molecule has 0 aliphatic heterocycles. The van der Waals surface area contributed by atoms with E-state index in [1.807, 2.05) is 18.3 Å². The first-order chi connectivity index (χ1) is 15.6. The molecule has 3 aromatic rings. The topological polar surface area (TPSA) is 87.9 Å². The van der Waals surface area contributed by atoms with Crippen LogP contribution in [0.25, 0.3) is 11.2 Å². The number of nitrogens with zero attached hydrogens (tertiary/aromatic N) is 4. The first-order valence-electron chi connectivity index (χ1n) is 12.1.